The monoisotopic (exact) mass is 394 g/mol. The van der Waals surface area contributed by atoms with E-state index in [0.29, 0.717) is 11.4 Å². The van der Waals surface area contributed by atoms with E-state index in [9.17, 15) is 5.11 Å². The number of hydrogen-bond acceptors (Lipinski definition) is 2. The summed E-state index contributed by atoms with van der Waals surface area (Å²) in [6.45, 7) is 0. The maximum absolute atomic E-state index is 10.2. The molecule has 5 heteroatoms. The highest BCUT2D eigenvalue weighted by Gasteiger charge is 2.14. The second kappa shape index (κ2) is 5.85. The molecule has 2 rings (SSSR count). The lowest BCUT2D eigenvalue weighted by molar-refractivity contribution is 0.179. The van der Waals surface area contributed by atoms with Crippen LogP contribution in [0.1, 0.15) is 16.5 Å². The standard InChI is InChI=1S/C12H9Br2ClOS/c13-7-4-8(17-6-7)5-11(16)9-2-1-3-10(14)12(9)15/h1-4,6,11,16H,5H2. The smallest absolute Gasteiger partial charge is 0.0853 e. The molecule has 0 aliphatic heterocycles. The van der Waals surface area contributed by atoms with Gasteiger partial charge >= 0.3 is 0 Å². The predicted octanol–water partition coefficient (Wildman–Crippen LogP) is 5.20. The van der Waals surface area contributed by atoms with Gasteiger partial charge in [-0.25, -0.2) is 0 Å². The molecule has 0 saturated carbocycles. The average molecular weight is 397 g/mol. The van der Waals surface area contributed by atoms with Crippen LogP contribution < -0.4 is 0 Å². The summed E-state index contributed by atoms with van der Waals surface area (Å²) in [5.41, 5.74) is 0.755. The fraction of sp³-hybridized carbons (Fsp3) is 0.167. The van der Waals surface area contributed by atoms with Gasteiger partial charge in [-0.3, -0.25) is 0 Å². The zero-order chi connectivity index (χ0) is 12.4. The van der Waals surface area contributed by atoms with Gasteiger partial charge in [0, 0.05) is 31.2 Å². The van der Waals surface area contributed by atoms with Crippen molar-refractivity contribution in [2.75, 3.05) is 0 Å². The lowest BCUT2D eigenvalue weighted by Crippen LogP contribution is -2.01. The van der Waals surface area contributed by atoms with E-state index in [4.69, 9.17) is 11.6 Å². The van der Waals surface area contributed by atoms with E-state index in [-0.39, 0.29) is 0 Å². The third kappa shape index (κ3) is 3.32. The van der Waals surface area contributed by atoms with Crippen LogP contribution in [-0.4, -0.2) is 5.11 Å². The minimum atomic E-state index is -0.578. The van der Waals surface area contributed by atoms with Gasteiger partial charge in [0.05, 0.1) is 11.1 Å². The first-order valence-corrected chi connectivity index (χ1v) is 7.77. The van der Waals surface area contributed by atoms with E-state index in [1.54, 1.807) is 11.3 Å². The normalized spacial score (nSPS) is 12.7. The van der Waals surface area contributed by atoms with Crippen LogP contribution in [-0.2, 0) is 6.42 Å². The summed E-state index contributed by atoms with van der Waals surface area (Å²) in [6, 6.07) is 7.60. The molecule has 1 aromatic carbocycles. The summed E-state index contributed by atoms with van der Waals surface area (Å²) < 4.78 is 1.85. The Balaban J connectivity index is 2.20. The summed E-state index contributed by atoms with van der Waals surface area (Å²) >= 11 is 14.5. The van der Waals surface area contributed by atoms with Crippen molar-refractivity contribution in [2.45, 2.75) is 12.5 Å². The maximum atomic E-state index is 10.2. The molecule has 1 heterocycles. The van der Waals surface area contributed by atoms with Crippen molar-refractivity contribution in [1.29, 1.82) is 0 Å². The first-order chi connectivity index (χ1) is 8.08. The number of hydrogen-bond donors (Lipinski definition) is 1. The average Bonchev–Trinajstić information content (AvgIpc) is 2.68. The molecule has 1 aromatic heterocycles. The van der Waals surface area contributed by atoms with Crippen molar-refractivity contribution in [1.82, 2.24) is 0 Å². The molecule has 0 bridgehead atoms. The van der Waals surface area contributed by atoms with Gasteiger partial charge in [0.25, 0.3) is 0 Å². The van der Waals surface area contributed by atoms with Crippen LogP contribution in [0.4, 0.5) is 0 Å². The molecule has 1 N–H and O–H groups in total. The lowest BCUT2D eigenvalue weighted by atomic mass is 10.1. The van der Waals surface area contributed by atoms with Gasteiger partial charge in [0.2, 0.25) is 0 Å². The van der Waals surface area contributed by atoms with Gasteiger partial charge in [-0.05, 0) is 44.0 Å². The Morgan fingerprint density at radius 2 is 2.12 bits per heavy atom. The highest BCUT2D eigenvalue weighted by atomic mass is 79.9. The van der Waals surface area contributed by atoms with E-state index in [1.165, 1.54) is 0 Å². The largest absolute Gasteiger partial charge is 0.388 e. The zero-order valence-corrected chi connectivity index (χ0v) is 13.4. The molecular weight excluding hydrogens is 387 g/mol. The first-order valence-electron chi connectivity index (χ1n) is 4.93. The Bertz CT molecular complexity index is 527. The summed E-state index contributed by atoms with van der Waals surface area (Å²) in [7, 11) is 0. The van der Waals surface area contributed by atoms with Gasteiger partial charge in [0.1, 0.15) is 0 Å². The van der Waals surface area contributed by atoms with E-state index in [1.807, 2.05) is 29.6 Å². The summed E-state index contributed by atoms with van der Waals surface area (Å²) in [4.78, 5) is 1.13. The van der Waals surface area contributed by atoms with Gasteiger partial charge in [0.15, 0.2) is 0 Å². The maximum Gasteiger partial charge on any atom is 0.0853 e. The van der Waals surface area contributed by atoms with E-state index >= 15 is 0 Å². The molecule has 1 nitrogen and oxygen atoms in total. The van der Waals surface area contributed by atoms with Crippen molar-refractivity contribution < 1.29 is 5.11 Å². The molecular formula is C12H9Br2ClOS. The molecule has 1 atom stereocenters. The van der Waals surface area contributed by atoms with Crippen LogP contribution in [0.2, 0.25) is 5.02 Å². The van der Waals surface area contributed by atoms with Crippen LogP contribution in [0.5, 0.6) is 0 Å². The number of thiophene rings is 1. The minimum Gasteiger partial charge on any atom is -0.388 e. The molecule has 17 heavy (non-hydrogen) atoms. The molecule has 0 spiro atoms. The lowest BCUT2D eigenvalue weighted by Gasteiger charge is -2.12. The summed E-state index contributed by atoms with van der Waals surface area (Å²) in [6.07, 6.45) is -0.00236. The van der Waals surface area contributed by atoms with Gasteiger partial charge in [-0.1, -0.05) is 23.7 Å². The second-order valence-corrected chi connectivity index (χ2v) is 6.74. The minimum absolute atomic E-state index is 0.576. The van der Waals surface area contributed by atoms with E-state index in [0.717, 1.165) is 19.4 Å². The number of benzene rings is 1. The van der Waals surface area contributed by atoms with Crippen LogP contribution in [0.15, 0.2) is 38.6 Å². The number of halogens is 3. The quantitative estimate of drug-likeness (QED) is 0.756. The van der Waals surface area contributed by atoms with Crippen LogP contribution in [0.25, 0.3) is 0 Å². The Morgan fingerprint density at radius 1 is 1.35 bits per heavy atom. The predicted molar refractivity (Wildman–Crippen MR) is 79.8 cm³/mol. The Labute approximate surface area is 126 Å². The van der Waals surface area contributed by atoms with Gasteiger partial charge < -0.3 is 5.11 Å². The number of aliphatic hydroxyl groups is 1. The van der Waals surface area contributed by atoms with Crippen molar-refractivity contribution >= 4 is 54.8 Å². The number of aliphatic hydroxyl groups excluding tert-OH is 1. The molecule has 0 fully saturated rings. The van der Waals surface area contributed by atoms with Crippen LogP contribution in [0.3, 0.4) is 0 Å². The molecule has 0 aliphatic rings. The van der Waals surface area contributed by atoms with Crippen LogP contribution >= 0.6 is 54.8 Å². The molecule has 0 saturated heterocycles. The first kappa shape index (κ1) is 13.6. The highest BCUT2D eigenvalue weighted by molar-refractivity contribution is 9.10. The van der Waals surface area contributed by atoms with Crippen LogP contribution in [0, 0.1) is 0 Å². The van der Waals surface area contributed by atoms with Crippen molar-refractivity contribution in [3.63, 3.8) is 0 Å². The highest BCUT2D eigenvalue weighted by Crippen LogP contribution is 2.33. The molecule has 0 aliphatic carbocycles. The Morgan fingerprint density at radius 3 is 2.76 bits per heavy atom. The molecule has 0 amide bonds. The zero-order valence-electron chi connectivity index (χ0n) is 8.66. The third-order valence-corrected chi connectivity index (χ3v) is 5.39. The molecule has 0 radical (unpaired) electrons. The van der Waals surface area contributed by atoms with Gasteiger partial charge in [-0.2, -0.15) is 0 Å². The van der Waals surface area contributed by atoms with Gasteiger partial charge in [-0.15, -0.1) is 11.3 Å². The van der Waals surface area contributed by atoms with E-state index < -0.39 is 6.10 Å². The second-order valence-electron chi connectivity index (χ2n) is 3.59. The fourth-order valence-electron chi connectivity index (χ4n) is 1.54. The summed E-state index contributed by atoms with van der Waals surface area (Å²) in [5.74, 6) is 0. The summed E-state index contributed by atoms with van der Waals surface area (Å²) in [5, 5.41) is 12.8. The SMILES string of the molecule is OC(Cc1cc(Br)cs1)c1cccc(Br)c1Cl. The third-order valence-electron chi connectivity index (χ3n) is 2.36. The fourth-order valence-corrected chi connectivity index (χ4v) is 3.66. The molecule has 90 valence electrons. The molecule has 1 unspecified atom stereocenters. The van der Waals surface area contributed by atoms with E-state index in [2.05, 4.69) is 31.9 Å². The number of rotatable bonds is 3. The van der Waals surface area contributed by atoms with Crippen molar-refractivity contribution in [3.05, 3.63) is 54.1 Å². The topological polar surface area (TPSA) is 20.2 Å². The molecule has 2 aromatic rings. The van der Waals surface area contributed by atoms with Crippen molar-refractivity contribution in [3.8, 4) is 0 Å². The Kier molecular flexibility index (Phi) is 4.66. The Hall–Kier alpha value is 0.130. The van der Waals surface area contributed by atoms with Crippen molar-refractivity contribution in [2.24, 2.45) is 0 Å².